The molecule has 34 heavy (non-hydrogen) atoms. The molecule has 0 aliphatic heterocycles. The van der Waals surface area contributed by atoms with E-state index in [1.807, 2.05) is 0 Å². The molecule has 0 saturated heterocycles. The van der Waals surface area contributed by atoms with Crippen molar-refractivity contribution in [2.45, 2.75) is 13.2 Å². The highest BCUT2D eigenvalue weighted by Gasteiger charge is 2.15. The molecule has 0 aliphatic carbocycles. The topological polar surface area (TPSA) is 105 Å². The van der Waals surface area contributed by atoms with Crippen LogP contribution in [0.2, 0.25) is 0 Å². The first-order valence-corrected chi connectivity index (χ1v) is 9.84. The highest BCUT2D eigenvalue weighted by atomic mass is 16.5. The van der Waals surface area contributed by atoms with Crippen LogP contribution in [0.15, 0.2) is 87.0 Å². The number of hydrogen-bond donors (Lipinski definition) is 0. The SMILES string of the molecule is C=CC(=O)OCc1ccc(-c2ccc(OC(=O)C=C)cc2OC(=O)C=C)cc1COC(=O)C=C. The minimum absolute atomic E-state index is 0.0825. The quantitative estimate of drug-likeness (QED) is 0.280. The first-order chi connectivity index (χ1) is 16.3. The molecule has 0 unspecified atom stereocenters. The molecule has 2 aromatic rings. The summed E-state index contributed by atoms with van der Waals surface area (Å²) in [6, 6.07) is 9.53. The third-order valence-corrected chi connectivity index (χ3v) is 4.31. The van der Waals surface area contributed by atoms with Gasteiger partial charge in [-0.3, -0.25) is 0 Å². The van der Waals surface area contributed by atoms with Gasteiger partial charge in [-0.2, -0.15) is 0 Å². The standard InChI is InChI=1S/C26H22O8/c1-5-23(27)31-15-18-10-9-17(13-19(18)16-32-24(28)6-2)21-12-11-20(33-25(29)7-3)14-22(21)34-26(30)8-4/h5-14H,1-4,15-16H2. The zero-order chi connectivity index (χ0) is 25.1. The van der Waals surface area contributed by atoms with Crippen molar-refractivity contribution in [3.05, 3.63) is 98.1 Å². The van der Waals surface area contributed by atoms with E-state index in [1.54, 1.807) is 24.3 Å². The lowest BCUT2D eigenvalue weighted by molar-refractivity contribution is -0.140. The van der Waals surface area contributed by atoms with Crippen molar-refractivity contribution in [3.8, 4) is 22.6 Å². The second-order valence-corrected chi connectivity index (χ2v) is 6.52. The summed E-state index contributed by atoms with van der Waals surface area (Å²) in [7, 11) is 0. The van der Waals surface area contributed by atoms with Crippen molar-refractivity contribution in [1.29, 1.82) is 0 Å². The third-order valence-electron chi connectivity index (χ3n) is 4.31. The Kier molecular flexibility index (Phi) is 9.28. The Morgan fingerprint density at radius 3 is 1.79 bits per heavy atom. The van der Waals surface area contributed by atoms with Crippen molar-refractivity contribution in [2.24, 2.45) is 0 Å². The van der Waals surface area contributed by atoms with Crippen molar-refractivity contribution >= 4 is 23.9 Å². The van der Waals surface area contributed by atoms with E-state index in [9.17, 15) is 19.2 Å². The van der Waals surface area contributed by atoms with Crippen molar-refractivity contribution < 1.29 is 38.1 Å². The van der Waals surface area contributed by atoms with E-state index in [0.29, 0.717) is 22.3 Å². The fourth-order valence-electron chi connectivity index (χ4n) is 2.68. The Hall–Kier alpha value is -4.72. The second kappa shape index (κ2) is 12.4. The van der Waals surface area contributed by atoms with Gasteiger partial charge in [0.2, 0.25) is 0 Å². The van der Waals surface area contributed by atoms with Crippen LogP contribution in [0.4, 0.5) is 0 Å². The van der Waals surface area contributed by atoms with E-state index in [4.69, 9.17) is 18.9 Å². The largest absolute Gasteiger partial charge is 0.458 e. The van der Waals surface area contributed by atoms with Crippen LogP contribution in [0.5, 0.6) is 11.5 Å². The fourth-order valence-corrected chi connectivity index (χ4v) is 2.68. The van der Waals surface area contributed by atoms with Crippen LogP contribution in [-0.2, 0) is 41.9 Å². The molecule has 8 nitrogen and oxygen atoms in total. The summed E-state index contributed by atoms with van der Waals surface area (Å²) in [5.74, 6) is -2.41. The minimum Gasteiger partial charge on any atom is -0.458 e. The molecule has 0 fully saturated rings. The van der Waals surface area contributed by atoms with Gasteiger partial charge in [-0.05, 0) is 34.9 Å². The molecule has 0 heterocycles. The Balaban J connectivity index is 2.51. The number of esters is 4. The summed E-state index contributed by atoms with van der Waals surface area (Å²) in [4.78, 5) is 46.4. The normalized spacial score (nSPS) is 9.76. The number of benzene rings is 2. The monoisotopic (exact) mass is 462 g/mol. The van der Waals surface area contributed by atoms with Crippen LogP contribution >= 0.6 is 0 Å². The van der Waals surface area contributed by atoms with E-state index in [1.165, 1.54) is 12.1 Å². The minimum atomic E-state index is -0.721. The molecule has 8 heteroatoms. The predicted octanol–water partition coefficient (Wildman–Crippen LogP) is 3.99. The summed E-state index contributed by atoms with van der Waals surface area (Å²) in [5, 5.41) is 0. The maximum atomic E-state index is 11.9. The summed E-state index contributed by atoms with van der Waals surface area (Å²) in [5.41, 5.74) is 2.17. The van der Waals surface area contributed by atoms with E-state index >= 15 is 0 Å². The van der Waals surface area contributed by atoms with Gasteiger partial charge in [0.05, 0.1) is 0 Å². The number of carbonyl (C=O) groups is 4. The summed E-state index contributed by atoms with van der Waals surface area (Å²) in [6.07, 6.45) is 4.05. The maximum Gasteiger partial charge on any atom is 0.335 e. The Bertz CT molecular complexity index is 1160. The highest BCUT2D eigenvalue weighted by molar-refractivity contribution is 5.87. The molecule has 0 radical (unpaired) electrons. The molecular formula is C26H22O8. The average molecular weight is 462 g/mol. The molecular weight excluding hydrogens is 440 g/mol. The second-order valence-electron chi connectivity index (χ2n) is 6.52. The predicted molar refractivity (Wildman–Crippen MR) is 124 cm³/mol. The van der Waals surface area contributed by atoms with Crippen molar-refractivity contribution in [2.75, 3.05) is 0 Å². The Morgan fingerprint density at radius 2 is 1.21 bits per heavy atom. The van der Waals surface area contributed by atoms with Crippen LogP contribution in [0.1, 0.15) is 11.1 Å². The van der Waals surface area contributed by atoms with E-state index in [-0.39, 0.29) is 24.7 Å². The van der Waals surface area contributed by atoms with Gasteiger partial charge in [0.15, 0.2) is 0 Å². The van der Waals surface area contributed by atoms with Gasteiger partial charge in [-0.1, -0.05) is 38.4 Å². The molecule has 0 aromatic heterocycles. The molecule has 2 rings (SSSR count). The van der Waals surface area contributed by atoms with Gasteiger partial charge < -0.3 is 18.9 Å². The lowest BCUT2D eigenvalue weighted by atomic mass is 9.98. The molecule has 0 spiro atoms. The first kappa shape index (κ1) is 25.5. The van der Waals surface area contributed by atoms with Gasteiger partial charge in [0, 0.05) is 35.9 Å². The molecule has 0 aliphatic rings. The van der Waals surface area contributed by atoms with E-state index in [2.05, 4.69) is 26.3 Å². The zero-order valence-corrected chi connectivity index (χ0v) is 18.3. The number of carbonyl (C=O) groups excluding carboxylic acids is 4. The van der Waals surface area contributed by atoms with Gasteiger partial charge in [0.1, 0.15) is 24.7 Å². The molecule has 0 bridgehead atoms. The number of rotatable bonds is 11. The number of hydrogen-bond acceptors (Lipinski definition) is 8. The third kappa shape index (κ3) is 7.16. The van der Waals surface area contributed by atoms with Gasteiger partial charge in [-0.25, -0.2) is 19.2 Å². The van der Waals surface area contributed by atoms with Crippen LogP contribution in [0.25, 0.3) is 11.1 Å². The van der Waals surface area contributed by atoms with Crippen LogP contribution in [0, 0.1) is 0 Å². The van der Waals surface area contributed by atoms with Gasteiger partial charge in [0.25, 0.3) is 0 Å². The highest BCUT2D eigenvalue weighted by Crippen LogP contribution is 2.35. The molecule has 0 amide bonds. The van der Waals surface area contributed by atoms with Crippen LogP contribution < -0.4 is 9.47 Å². The van der Waals surface area contributed by atoms with Crippen molar-refractivity contribution in [3.63, 3.8) is 0 Å². The molecule has 0 N–H and O–H groups in total. The molecule has 0 saturated carbocycles. The van der Waals surface area contributed by atoms with Gasteiger partial charge in [-0.15, -0.1) is 0 Å². The van der Waals surface area contributed by atoms with Crippen LogP contribution in [0.3, 0.4) is 0 Å². The fraction of sp³-hybridized carbons (Fsp3) is 0.0769. The summed E-state index contributed by atoms with van der Waals surface area (Å²) >= 11 is 0. The lowest BCUT2D eigenvalue weighted by Gasteiger charge is -2.15. The maximum absolute atomic E-state index is 11.9. The number of ether oxygens (including phenoxy) is 4. The lowest BCUT2D eigenvalue weighted by Crippen LogP contribution is -2.08. The summed E-state index contributed by atoms with van der Waals surface area (Å²) < 4.78 is 20.7. The Labute approximate surface area is 196 Å². The van der Waals surface area contributed by atoms with Crippen LogP contribution in [-0.4, -0.2) is 23.9 Å². The van der Waals surface area contributed by atoms with E-state index < -0.39 is 23.9 Å². The molecule has 174 valence electrons. The zero-order valence-electron chi connectivity index (χ0n) is 18.3. The smallest absolute Gasteiger partial charge is 0.335 e. The average Bonchev–Trinajstić information content (AvgIpc) is 2.85. The Morgan fingerprint density at radius 1 is 0.647 bits per heavy atom. The molecule has 0 atom stereocenters. The molecule has 2 aromatic carbocycles. The van der Waals surface area contributed by atoms with E-state index in [0.717, 1.165) is 24.3 Å². The summed E-state index contributed by atoms with van der Waals surface area (Å²) in [6.45, 7) is 13.2. The van der Waals surface area contributed by atoms with Gasteiger partial charge >= 0.3 is 23.9 Å². The van der Waals surface area contributed by atoms with Crippen molar-refractivity contribution in [1.82, 2.24) is 0 Å². The first-order valence-electron chi connectivity index (χ1n) is 9.84.